The maximum atomic E-state index is 11.3. The Balaban J connectivity index is 0.947. The molecule has 7 aliphatic rings. The molecule has 1 unspecified atom stereocenters. The Kier molecular flexibility index (Phi) is 22.6. The third kappa shape index (κ3) is 12.9. The Morgan fingerprint density at radius 3 is 0.590 bits per heavy atom. The molecule has 35 atom stereocenters. The number of ether oxygens (including phenoxy) is 13. The van der Waals surface area contributed by atoms with Crippen LogP contribution in [0.15, 0.2) is 0 Å². The van der Waals surface area contributed by atoms with Gasteiger partial charge >= 0.3 is 0 Å². The number of aliphatic hydroxyl groups excluding tert-OH is 23. The van der Waals surface area contributed by atoms with Gasteiger partial charge in [-0.2, -0.15) is 0 Å². The van der Waals surface area contributed by atoms with Gasteiger partial charge in [0.15, 0.2) is 44.0 Å². The van der Waals surface area contributed by atoms with E-state index < -0.39 is 261 Å². The highest BCUT2D eigenvalue weighted by molar-refractivity contribution is 5.01. The highest BCUT2D eigenvalue weighted by Gasteiger charge is 2.58. The molecule has 7 fully saturated rings. The highest BCUT2D eigenvalue weighted by Crippen LogP contribution is 2.37. The fourth-order valence-electron chi connectivity index (χ4n) is 10.0. The molecule has 0 saturated carbocycles. The maximum absolute atomic E-state index is 11.3. The molecular weight excluding hydrogens is 1080 g/mol. The second-order valence-electron chi connectivity index (χ2n) is 19.6. The van der Waals surface area contributed by atoms with E-state index in [1.807, 2.05) is 0 Å². The van der Waals surface area contributed by atoms with Crippen LogP contribution in [0.2, 0.25) is 0 Å². The van der Waals surface area contributed by atoms with Crippen LogP contribution in [-0.4, -0.2) is 379 Å². The molecule has 0 aromatic rings. The van der Waals surface area contributed by atoms with Crippen LogP contribution in [0, 0.1) is 0 Å². The molecule has 0 spiro atoms. The molecule has 456 valence electrons. The lowest BCUT2D eigenvalue weighted by atomic mass is 9.95. The summed E-state index contributed by atoms with van der Waals surface area (Å²) in [5.41, 5.74) is 0. The van der Waals surface area contributed by atoms with Gasteiger partial charge in [-0.05, 0) is 0 Å². The van der Waals surface area contributed by atoms with Gasteiger partial charge in [0.2, 0.25) is 0 Å². The summed E-state index contributed by atoms with van der Waals surface area (Å²) >= 11 is 0. The Morgan fingerprint density at radius 1 is 0.192 bits per heavy atom. The van der Waals surface area contributed by atoms with Crippen molar-refractivity contribution in [1.82, 2.24) is 0 Å². The summed E-state index contributed by atoms with van der Waals surface area (Å²) in [7, 11) is 0. The van der Waals surface area contributed by atoms with Gasteiger partial charge in [-0.3, -0.25) is 0 Å². The summed E-state index contributed by atoms with van der Waals surface area (Å²) in [5.74, 6) is 0. The lowest BCUT2D eigenvalue weighted by molar-refractivity contribution is -0.398. The molecular formula is C42H72O36. The molecule has 7 aliphatic heterocycles. The van der Waals surface area contributed by atoms with E-state index in [-0.39, 0.29) is 0 Å². The van der Waals surface area contributed by atoms with Gasteiger partial charge in [0.1, 0.15) is 171 Å². The molecule has 7 heterocycles. The average molecular weight is 1150 g/mol. The van der Waals surface area contributed by atoms with Gasteiger partial charge in [-0.25, -0.2) is 0 Å². The molecule has 0 aromatic heterocycles. The van der Waals surface area contributed by atoms with Crippen molar-refractivity contribution in [2.75, 3.05) is 46.2 Å². The van der Waals surface area contributed by atoms with Crippen LogP contribution in [-0.2, 0) is 61.6 Å². The predicted octanol–water partition coefficient (Wildman–Crippen LogP) is -16.3. The number of hydrogen-bond acceptors (Lipinski definition) is 36. The number of rotatable bonds is 19. The summed E-state index contributed by atoms with van der Waals surface area (Å²) < 4.78 is 71.9. The number of aliphatic hydroxyl groups is 23. The lowest BCUT2D eigenvalue weighted by Gasteiger charge is -2.50. The Labute approximate surface area is 439 Å². The zero-order valence-electron chi connectivity index (χ0n) is 40.8. The lowest BCUT2D eigenvalue weighted by Crippen LogP contribution is -2.68. The van der Waals surface area contributed by atoms with E-state index in [1.54, 1.807) is 0 Å². The summed E-state index contributed by atoms with van der Waals surface area (Å²) in [4.78, 5) is 0. The van der Waals surface area contributed by atoms with Crippen molar-refractivity contribution in [2.24, 2.45) is 0 Å². The molecule has 7 rings (SSSR count). The van der Waals surface area contributed by atoms with Crippen LogP contribution < -0.4 is 0 Å². The first-order chi connectivity index (χ1) is 37.0. The van der Waals surface area contributed by atoms with Crippen LogP contribution >= 0.6 is 0 Å². The van der Waals surface area contributed by atoms with Crippen molar-refractivity contribution in [3.63, 3.8) is 0 Å². The fraction of sp³-hybridized carbons (Fsp3) is 1.00. The Morgan fingerprint density at radius 2 is 0.372 bits per heavy atom. The van der Waals surface area contributed by atoms with Crippen LogP contribution in [0.3, 0.4) is 0 Å². The first-order valence-electron chi connectivity index (χ1n) is 24.7. The molecule has 36 nitrogen and oxygen atoms in total. The minimum Gasteiger partial charge on any atom is -0.394 e. The molecule has 23 N–H and O–H groups in total. The van der Waals surface area contributed by atoms with E-state index in [9.17, 15) is 117 Å². The molecule has 0 aromatic carbocycles. The monoisotopic (exact) mass is 1150 g/mol. The Hall–Kier alpha value is -1.44. The zero-order chi connectivity index (χ0) is 57.3. The Bertz CT molecular complexity index is 1810. The molecule has 7 saturated heterocycles. The summed E-state index contributed by atoms with van der Waals surface area (Å²) in [6, 6.07) is 0. The molecule has 0 amide bonds. The van der Waals surface area contributed by atoms with Crippen molar-refractivity contribution in [2.45, 2.75) is 215 Å². The van der Waals surface area contributed by atoms with Crippen LogP contribution in [0.1, 0.15) is 0 Å². The van der Waals surface area contributed by atoms with Gasteiger partial charge < -0.3 is 179 Å². The first kappa shape index (κ1) is 64.1. The molecule has 36 heteroatoms. The van der Waals surface area contributed by atoms with E-state index in [0.717, 1.165) is 0 Å². The summed E-state index contributed by atoms with van der Waals surface area (Å²) in [6.45, 7) is -6.86. The van der Waals surface area contributed by atoms with Crippen LogP contribution in [0.4, 0.5) is 0 Å². The van der Waals surface area contributed by atoms with Gasteiger partial charge in [0.25, 0.3) is 0 Å². The van der Waals surface area contributed by atoms with Gasteiger partial charge in [0.05, 0.1) is 46.2 Å². The van der Waals surface area contributed by atoms with Crippen molar-refractivity contribution in [1.29, 1.82) is 0 Å². The highest BCUT2D eigenvalue weighted by atomic mass is 16.8. The molecule has 0 radical (unpaired) electrons. The third-order valence-corrected chi connectivity index (χ3v) is 14.5. The van der Waals surface area contributed by atoms with Crippen LogP contribution in [0.25, 0.3) is 0 Å². The smallest absolute Gasteiger partial charge is 0.187 e. The minimum atomic E-state index is -2.23. The quantitative estimate of drug-likeness (QED) is 0.0571. The van der Waals surface area contributed by atoms with E-state index in [2.05, 4.69) is 0 Å². The summed E-state index contributed by atoms with van der Waals surface area (Å²) in [5, 5.41) is 243. The molecule has 0 aliphatic carbocycles. The van der Waals surface area contributed by atoms with Crippen LogP contribution in [0.5, 0.6) is 0 Å². The molecule has 0 bridgehead atoms. The second-order valence-corrected chi connectivity index (χ2v) is 19.6. The third-order valence-electron chi connectivity index (χ3n) is 14.5. The van der Waals surface area contributed by atoms with E-state index >= 15 is 0 Å². The van der Waals surface area contributed by atoms with E-state index in [4.69, 9.17) is 61.6 Å². The van der Waals surface area contributed by atoms with Gasteiger partial charge in [-0.15, -0.1) is 0 Å². The maximum Gasteiger partial charge on any atom is 0.187 e. The average Bonchev–Trinajstić information content (AvgIpc) is 3.44. The normalized spacial score (nSPS) is 53.5. The molecule has 78 heavy (non-hydrogen) atoms. The SMILES string of the molecule is OC[C@H]1O[C@H](O[C@H]2[C@H](O)[C@@H](O)[C@@H](O[C@H]3[C@H](O)[C@@H](O)[C@@H](O[C@H]4[C@H](O)[C@@H](O)[C@@H](O[C@H]5[C@H](O)[C@@H](O)[C@@H](O[C@H]6[C@H](O)[C@@H](O)[C@@H](O[C@H]7[C@H](O)[C@@H](O)C(O)O[C@@H]7CO)O[C@@H]6CO)O[C@@H]5CO)O[C@@H]4CO)O[C@@H]3CO)O[C@@H]2CO)[C@H](O)[C@@H](O)[C@@H]1O. The van der Waals surface area contributed by atoms with E-state index in [1.165, 1.54) is 0 Å². The zero-order valence-corrected chi connectivity index (χ0v) is 40.8. The largest absolute Gasteiger partial charge is 0.394 e. The minimum absolute atomic E-state index is 0.843. The van der Waals surface area contributed by atoms with Crippen molar-refractivity contribution >= 4 is 0 Å². The first-order valence-corrected chi connectivity index (χ1v) is 24.7. The van der Waals surface area contributed by atoms with Crippen molar-refractivity contribution in [3.8, 4) is 0 Å². The van der Waals surface area contributed by atoms with Crippen molar-refractivity contribution in [3.05, 3.63) is 0 Å². The number of hydrogen-bond donors (Lipinski definition) is 23. The van der Waals surface area contributed by atoms with Crippen molar-refractivity contribution < 1.29 is 179 Å². The topological polar surface area (TPSA) is 585 Å². The second kappa shape index (κ2) is 27.5. The predicted molar refractivity (Wildman–Crippen MR) is 232 cm³/mol. The van der Waals surface area contributed by atoms with Gasteiger partial charge in [0, 0.05) is 0 Å². The standard InChI is InChI=1S/C42H72O36/c43-1-8-15(50)16(51)24(59)37(67-8)74-31-10(3-45)69-39(26(61)18(31)53)76-33-12(5-47)71-41(28(63)20(33)55)78-35-14(7-49)72-42(29(64)22(35)57)77-34-13(6-48)70-40(27(62)21(34)56)75-32-11(4-46)68-38(25(60)19(32)54)73-30-9(2-44)66-36(65)23(58)17(30)52/h8-65H,1-7H2/t8-,9-,10-,11-,12-,13-,14-,15-,16+,17-,18-,19-,20-,21-,22-,23-,24-,25-,26-,27-,28-,29-,30-,31-,32-,33-,34-,35-,36?,37-,38-,39-,40-,41-,42-/m1/s1. The van der Waals surface area contributed by atoms with Gasteiger partial charge in [-0.1, -0.05) is 0 Å². The summed E-state index contributed by atoms with van der Waals surface area (Å²) in [6.07, 6.45) is -67.4. The van der Waals surface area contributed by atoms with E-state index in [0.29, 0.717) is 0 Å². The fourth-order valence-corrected chi connectivity index (χ4v) is 10.0.